The fraction of sp³-hybridized carbons (Fsp3) is 0.429. The Balaban J connectivity index is 2.26. The maximum absolute atomic E-state index is 12.7. The molecule has 2 aromatic rings. The number of anilines is 2. The van der Waals surface area contributed by atoms with Crippen LogP contribution in [0, 0.1) is 13.8 Å². The molecule has 1 aromatic heterocycles. The fourth-order valence-electron chi connectivity index (χ4n) is 3.07. The van der Waals surface area contributed by atoms with E-state index in [9.17, 15) is 19.2 Å². The number of hydrogen-bond donors (Lipinski definition) is 2. The number of ether oxygens (including phenoxy) is 1. The first-order valence-corrected chi connectivity index (χ1v) is 9.88. The van der Waals surface area contributed by atoms with Crippen molar-refractivity contribution in [2.75, 3.05) is 23.8 Å². The largest absolute Gasteiger partial charge is 0.452 e. The molecule has 0 radical (unpaired) electrons. The number of aromatic amines is 1. The highest BCUT2D eigenvalue weighted by atomic mass is 16.5. The number of esters is 1. The van der Waals surface area contributed by atoms with E-state index in [0.717, 1.165) is 22.4 Å². The van der Waals surface area contributed by atoms with Gasteiger partial charge in [0.15, 0.2) is 12.3 Å². The molecule has 1 amide bonds. The summed E-state index contributed by atoms with van der Waals surface area (Å²) < 4.78 is 6.41. The third-order valence-corrected chi connectivity index (χ3v) is 4.78. The third-order valence-electron chi connectivity index (χ3n) is 4.78. The topological polar surface area (TPSA) is 127 Å². The van der Waals surface area contributed by atoms with E-state index in [1.54, 1.807) is 26.0 Å². The Kier molecular flexibility index (Phi) is 7.57. The summed E-state index contributed by atoms with van der Waals surface area (Å²) in [5.74, 6) is -1.34. The van der Waals surface area contributed by atoms with Gasteiger partial charge < -0.3 is 15.4 Å². The molecule has 0 unspecified atom stereocenters. The molecular formula is C21H28N4O5. The van der Waals surface area contributed by atoms with E-state index >= 15 is 0 Å². The normalized spacial score (nSPS) is 10.7. The molecule has 0 aliphatic heterocycles. The Morgan fingerprint density at radius 3 is 2.53 bits per heavy atom. The van der Waals surface area contributed by atoms with E-state index in [2.05, 4.69) is 4.98 Å². The van der Waals surface area contributed by atoms with Crippen molar-refractivity contribution in [3.63, 3.8) is 0 Å². The lowest BCUT2D eigenvalue weighted by molar-refractivity contribution is -0.121. The van der Waals surface area contributed by atoms with Gasteiger partial charge in [-0.3, -0.25) is 19.1 Å². The zero-order chi connectivity index (χ0) is 22.4. The number of aromatic nitrogens is 2. The second kappa shape index (κ2) is 9.91. The van der Waals surface area contributed by atoms with Crippen LogP contribution in [0.4, 0.5) is 11.5 Å². The van der Waals surface area contributed by atoms with Crippen LogP contribution in [-0.4, -0.2) is 34.6 Å². The van der Waals surface area contributed by atoms with Crippen LogP contribution in [0.2, 0.25) is 0 Å². The van der Waals surface area contributed by atoms with Crippen molar-refractivity contribution in [1.29, 1.82) is 0 Å². The summed E-state index contributed by atoms with van der Waals surface area (Å²) in [5, 5.41) is 0. The number of nitrogens with one attached hydrogen (secondary N) is 1. The quantitative estimate of drug-likeness (QED) is 0.631. The highest BCUT2D eigenvalue weighted by molar-refractivity contribution is 5.98. The smallest absolute Gasteiger partial charge is 0.338 e. The second-order valence-corrected chi connectivity index (χ2v) is 7.03. The highest BCUT2D eigenvalue weighted by Crippen LogP contribution is 2.18. The molecule has 162 valence electrons. The van der Waals surface area contributed by atoms with Crippen molar-refractivity contribution < 1.29 is 14.3 Å². The number of aryl methyl sites for hydroxylation is 2. The molecule has 0 bridgehead atoms. The van der Waals surface area contributed by atoms with Crippen LogP contribution in [0.3, 0.4) is 0 Å². The number of H-pyrrole nitrogens is 1. The van der Waals surface area contributed by atoms with Gasteiger partial charge in [0.25, 0.3) is 11.5 Å². The number of likely N-dealkylation sites (N-methyl/N-ethyl adjacent to an activating group) is 1. The highest BCUT2D eigenvalue weighted by Gasteiger charge is 2.24. The van der Waals surface area contributed by atoms with Gasteiger partial charge in [-0.25, -0.2) is 9.59 Å². The van der Waals surface area contributed by atoms with Crippen LogP contribution in [-0.2, 0) is 16.1 Å². The molecule has 3 N–H and O–H groups in total. The van der Waals surface area contributed by atoms with Crippen molar-refractivity contribution >= 4 is 23.4 Å². The summed E-state index contributed by atoms with van der Waals surface area (Å²) >= 11 is 0. The van der Waals surface area contributed by atoms with Crippen LogP contribution in [0.1, 0.15) is 48.2 Å². The second-order valence-electron chi connectivity index (χ2n) is 7.03. The number of nitrogens with zero attached hydrogens (tertiary/aromatic N) is 2. The van der Waals surface area contributed by atoms with Gasteiger partial charge in [0.05, 0.1) is 5.56 Å². The van der Waals surface area contributed by atoms with Crippen molar-refractivity contribution in [3.05, 3.63) is 55.7 Å². The monoisotopic (exact) mass is 416 g/mol. The maximum atomic E-state index is 12.7. The van der Waals surface area contributed by atoms with Gasteiger partial charge in [0, 0.05) is 13.1 Å². The third kappa shape index (κ3) is 4.97. The number of rotatable bonds is 8. The SMILES string of the molecule is CCCCn1c(N)c(N(CC)C(=O)COC(=O)c2cc(C)ccc2C)c(=O)[nH]c1=O. The summed E-state index contributed by atoms with van der Waals surface area (Å²) in [7, 11) is 0. The van der Waals surface area contributed by atoms with E-state index in [4.69, 9.17) is 10.5 Å². The molecule has 0 atom stereocenters. The van der Waals surface area contributed by atoms with Crippen LogP contribution in [0.5, 0.6) is 0 Å². The van der Waals surface area contributed by atoms with Gasteiger partial charge in [0.1, 0.15) is 5.82 Å². The number of amides is 1. The summed E-state index contributed by atoms with van der Waals surface area (Å²) in [6.45, 7) is 7.11. The van der Waals surface area contributed by atoms with Crippen LogP contribution in [0.25, 0.3) is 0 Å². The molecule has 9 nitrogen and oxygen atoms in total. The molecule has 0 saturated carbocycles. The van der Waals surface area contributed by atoms with E-state index in [1.807, 2.05) is 19.9 Å². The standard InChI is InChI=1S/C21H28N4O5/c1-5-7-10-25-18(22)17(19(27)23-21(25)29)24(6-2)16(26)12-30-20(28)15-11-13(3)8-9-14(15)4/h8-9,11H,5-7,10,12,22H2,1-4H3,(H,23,27,29). The Morgan fingerprint density at radius 1 is 1.20 bits per heavy atom. The fourth-order valence-corrected chi connectivity index (χ4v) is 3.07. The number of carbonyl (C=O) groups is 2. The number of nitrogen functional groups attached to an aromatic ring is 1. The van der Waals surface area contributed by atoms with Crippen molar-refractivity contribution in [2.45, 2.75) is 47.1 Å². The van der Waals surface area contributed by atoms with Gasteiger partial charge in [-0.1, -0.05) is 31.0 Å². The summed E-state index contributed by atoms with van der Waals surface area (Å²) in [4.78, 5) is 52.9. The van der Waals surface area contributed by atoms with Crippen molar-refractivity contribution in [2.24, 2.45) is 0 Å². The zero-order valence-corrected chi connectivity index (χ0v) is 17.8. The van der Waals surface area contributed by atoms with E-state index in [1.165, 1.54) is 4.57 Å². The lowest BCUT2D eigenvalue weighted by Crippen LogP contribution is -2.42. The maximum Gasteiger partial charge on any atom is 0.338 e. The number of carbonyl (C=O) groups excluding carboxylic acids is 2. The molecule has 1 heterocycles. The molecule has 1 aromatic carbocycles. The number of hydrogen-bond acceptors (Lipinski definition) is 6. The molecule has 0 saturated heterocycles. The molecule has 0 aliphatic rings. The Bertz CT molecular complexity index is 1050. The van der Waals surface area contributed by atoms with Crippen LogP contribution >= 0.6 is 0 Å². The minimum Gasteiger partial charge on any atom is -0.452 e. The molecular weight excluding hydrogens is 388 g/mol. The minimum absolute atomic E-state index is 0.0896. The predicted octanol–water partition coefficient (Wildman–Crippen LogP) is 1.75. The van der Waals surface area contributed by atoms with E-state index in [-0.39, 0.29) is 18.1 Å². The first-order chi connectivity index (χ1) is 14.2. The number of unbranched alkanes of at least 4 members (excludes halogenated alkanes) is 1. The van der Waals surface area contributed by atoms with Gasteiger partial charge in [-0.15, -0.1) is 0 Å². The molecule has 9 heteroatoms. The van der Waals surface area contributed by atoms with E-state index < -0.39 is 29.7 Å². The average molecular weight is 416 g/mol. The van der Waals surface area contributed by atoms with Crippen molar-refractivity contribution in [3.8, 4) is 0 Å². The van der Waals surface area contributed by atoms with Crippen LogP contribution in [0.15, 0.2) is 27.8 Å². The molecule has 0 fully saturated rings. The van der Waals surface area contributed by atoms with Gasteiger partial charge in [-0.05, 0) is 38.8 Å². The number of nitrogens with two attached hydrogens (primary N) is 1. The molecule has 2 rings (SSSR count). The Labute approximate surface area is 174 Å². The Morgan fingerprint density at radius 2 is 1.90 bits per heavy atom. The lowest BCUT2D eigenvalue weighted by Gasteiger charge is -2.23. The van der Waals surface area contributed by atoms with Crippen molar-refractivity contribution in [1.82, 2.24) is 9.55 Å². The van der Waals surface area contributed by atoms with E-state index in [0.29, 0.717) is 18.5 Å². The zero-order valence-electron chi connectivity index (χ0n) is 17.8. The molecule has 30 heavy (non-hydrogen) atoms. The number of benzene rings is 1. The average Bonchev–Trinajstić information content (AvgIpc) is 2.70. The Hall–Kier alpha value is -3.36. The predicted molar refractivity (Wildman–Crippen MR) is 115 cm³/mol. The van der Waals surface area contributed by atoms with Gasteiger partial charge >= 0.3 is 11.7 Å². The summed E-state index contributed by atoms with van der Waals surface area (Å²) in [6, 6.07) is 5.36. The first-order valence-electron chi connectivity index (χ1n) is 9.88. The molecule has 0 aliphatic carbocycles. The molecule has 0 spiro atoms. The summed E-state index contributed by atoms with van der Waals surface area (Å²) in [5.41, 5.74) is 6.55. The van der Waals surface area contributed by atoms with Gasteiger partial charge in [0.2, 0.25) is 0 Å². The van der Waals surface area contributed by atoms with Crippen LogP contribution < -0.4 is 21.9 Å². The minimum atomic E-state index is -0.763. The van der Waals surface area contributed by atoms with Gasteiger partial charge in [-0.2, -0.15) is 0 Å². The first kappa shape index (κ1) is 22.9. The summed E-state index contributed by atoms with van der Waals surface area (Å²) in [6.07, 6.45) is 1.51. The lowest BCUT2D eigenvalue weighted by atomic mass is 10.1.